The maximum absolute atomic E-state index is 6.35. The Morgan fingerprint density at radius 3 is 2.35 bits per heavy atom. The van der Waals surface area contributed by atoms with Gasteiger partial charge in [-0.05, 0) is 35.9 Å². The number of benzene rings is 3. The highest BCUT2D eigenvalue weighted by atomic mass is 35.5. The quantitative estimate of drug-likeness (QED) is 0.354. The van der Waals surface area contributed by atoms with Gasteiger partial charge < -0.3 is 19.2 Å². The van der Waals surface area contributed by atoms with Crippen molar-refractivity contribution < 1.29 is 13.9 Å². The van der Waals surface area contributed by atoms with Crippen molar-refractivity contribution in [2.75, 3.05) is 19.5 Å². The topological polar surface area (TPSA) is 69.4 Å². The molecule has 0 aliphatic carbocycles. The van der Waals surface area contributed by atoms with E-state index in [4.69, 9.17) is 37.1 Å². The van der Waals surface area contributed by atoms with Gasteiger partial charge in [-0.3, -0.25) is 0 Å². The van der Waals surface area contributed by atoms with Crippen molar-refractivity contribution in [3.63, 3.8) is 0 Å². The van der Waals surface area contributed by atoms with E-state index in [1.54, 1.807) is 32.4 Å². The van der Waals surface area contributed by atoms with Gasteiger partial charge in [0, 0.05) is 16.7 Å². The highest BCUT2D eigenvalue weighted by Gasteiger charge is 2.24. The first-order valence-electron chi connectivity index (χ1n) is 9.41. The van der Waals surface area contributed by atoms with Crippen molar-refractivity contribution in [1.82, 2.24) is 10.2 Å². The normalized spacial score (nSPS) is 11.7. The van der Waals surface area contributed by atoms with E-state index in [9.17, 15) is 0 Å². The van der Waals surface area contributed by atoms with Crippen molar-refractivity contribution in [2.24, 2.45) is 0 Å². The third kappa shape index (κ3) is 4.60. The van der Waals surface area contributed by atoms with Gasteiger partial charge in [0.1, 0.15) is 17.5 Å². The number of hydrogen-bond acceptors (Lipinski definition) is 6. The smallest absolute Gasteiger partial charge is 0.247 e. The average molecular weight is 456 g/mol. The molecule has 0 fully saturated rings. The molecule has 8 heteroatoms. The zero-order chi connectivity index (χ0) is 21.8. The summed E-state index contributed by atoms with van der Waals surface area (Å²) in [7, 11) is 3.12. The summed E-state index contributed by atoms with van der Waals surface area (Å²) in [5, 5.41) is 12.9. The lowest BCUT2D eigenvalue weighted by atomic mass is 10.1. The Morgan fingerprint density at radius 1 is 0.871 bits per heavy atom. The molecule has 0 radical (unpaired) electrons. The van der Waals surface area contributed by atoms with Crippen molar-refractivity contribution in [3.05, 3.63) is 88.2 Å². The molecular weight excluding hydrogens is 437 g/mol. The second-order valence-electron chi connectivity index (χ2n) is 6.63. The van der Waals surface area contributed by atoms with Crippen LogP contribution in [0, 0.1) is 0 Å². The van der Waals surface area contributed by atoms with Crippen LogP contribution in [0.2, 0.25) is 10.0 Å². The van der Waals surface area contributed by atoms with Crippen LogP contribution in [0.4, 0.5) is 5.69 Å². The van der Waals surface area contributed by atoms with E-state index in [1.165, 1.54) is 0 Å². The fourth-order valence-electron chi connectivity index (χ4n) is 3.15. The molecule has 4 aromatic rings. The van der Waals surface area contributed by atoms with E-state index in [2.05, 4.69) is 15.5 Å². The molecule has 3 aromatic carbocycles. The van der Waals surface area contributed by atoms with Crippen LogP contribution in [0.1, 0.15) is 17.5 Å². The summed E-state index contributed by atoms with van der Waals surface area (Å²) in [6.07, 6.45) is 0. The molecule has 4 rings (SSSR count). The molecule has 0 unspecified atom stereocenters. The zero-order valence-electron chi connectivity index (χ0n) is 16.8. The predicted octanol–water partition coefficient (Wildman–Crippen LogP) is 6.26. The Hall–Kier alpha value is -3.22. The van der Waals surface area contributed by atoms with Crippen LogP contribution in [0.5, 0.6) is 11.5 Å². The lowest BCUT2D eigenvalue weighted by molar-refractivity contribution is 0.395. The minimum atomic E-state index is -0.498. The van der Waals surface area contributed by atoms with Crippen LogP contribution in [0.25, 0.3) is 11.5 Å². The maximum Gasteiger partial charge on any atom is 0.247 e. The van der Waals surface area contributed by atoms with E-state index in [0.717, 1.165) is 11.1 Å². The van der Waals surface area contributed by atoms with Gasteiger partial charge in [-0.2, -0.15) is 0 Å². The summed E-state index contributed by atoms with van der Waals surface area (Å²) in [6, 6.07) is 19.9. The lowest BCUT2D eigenvalue weighted by Crippen LogP contribution is -2.14. The summed E-state index contributed by atoms with van der Waals surface area (Å²) < 4.78 is 16.8. The van der Waals surface area contributed by atoms with Gasteiger partial charge in [0.25, 0.3) is 0 Å². The van der Waals surface area contributed by atoms with Crippen LogP contribution < -0.4 is 14.8 Å². The van der Waals surface area contributed by atoms with Gasteiger partial charge in [0.15, 0.2) is 0 Å². The predicted molar refractivity (Wildman–Crippen MR) is 121 cm³/mol. The van der Waals surface area contributed by atoms with Crippen LogP contribution in [0.15, 0.2) is 71.1 Å². The number of halogens is 2. The summed E-state index contributed by atoms with van der Waals surface area (Å²) in [5.41, 5.74) is 2.30. The van der Waals surface area contributed by atoms with Crippen molar-refractivity contribution >= 4 is 28.9 Å². The van der Waals surface area contributed by atoms with Gasteiger partial charge in [0.05, 0.1) is 24.9 Å². The summed E-state index contributed by atoms with van der Waals surface area (Å²) in [6.45, 7) is 0. The monoisotopic (exact) mass is 455 g/mol. The van der Waals surface area contributed by atoms with Crippen molar-refractivity contribution in [1.29, 1.82) is 0 Å². The largest absolute Gasteiger partial charge is 0.495 e. The third-order valence-electron chi connectivity index (χ3n) is 4.66. The van der Waals surface area contributed by atoms with Crippen molar-refractivity contribution in [3.8, 4) is 23.0 Å². The fourth-order valence-corrected chi connectivity index (χ4v) is 3.59. The first kappa shape index (κ1) is 21.0. The maximum atomic E-state index is 6.35. The second kappa shape index (κ2) is 9.29. The zero-order valence-corrected chi connectivity index (χ0v) is 18.3. The van der Waals surface area contributed by atoms with Gasteiger partial charge in [-0.15, -0.1) is 10.2 Å². The van der Waals surface area contributed by atoms with E-state index >= 15 is 0 Å². The summed E-state index contributed by atoms with van der Waals surface area (Å²) >= 11 is 12.6. The number of methoxy groups -OCH3 is 2. The number of nitrogens with zero attached hydrogens (tertiary/aromatic N) is 2. The molecular formula is C23H19Cl2N3O3. The molecule has 6 nitrogen and oxygen atoms in total. The molecule has 0 aliphatic heterocycles. The molecule has 1 heterocycles. The van der Waals surface area contributed by atoms with Gasteiger partial charge in [0.2, 0.25) is 11.8 Å². The number of hydrogen-bond donors (Lipinski definition) is 1. The first-order valence-corrected chi connectivity index (χ1v) is 10.2. The van der Waals surface area contributed by atoms with Gasteiger partial charge >= 0.3 is 0 Å². The highest BCUT2D eigenvalue weighted by molar-refractivity contribution is 6.32. The molecule has 0 amide bonds. The second-order valence-corrected chi connectivity index (χ2v) is 7.47. The first-order chi connectivity index (χ1) is 15.1. The number of nitrogens with one attached hydrogen (secondary N) is 1. The Kier molecular flexibility index (Phi) is 6.30. The molecule has 0 aliphatic rings. The molecule has 0 bridgehead atoms. The molecule has 0 saturated heterocycles. The molecule has 158 valence electrons. The number of ether oxygens (including phenoxy) is 2. The molecule has 1 N–H and O–H groups in total. The highest BCUT2D eigenvalue weighted by Crippen LogP contribution is 2.39. The number of aromatic nitrogens is 2. The van der Waals surface area contributed by atoms with Crippen LogP contribution >= 0.6 is 23.2 Å². The minimum absolute atomic E-state index is 0.370. The van der Waals surface area contributed by atoms with E-state index in [0.29, 0.717) is 39.0 Å². The summed E-state index contributed by atoms with van der Waals surface area (Å²) in [5.74, 6) is 1.85. The molecule has 0 saturated carbocycles. The van der Waals surface area contributed by atoms with E-state index < -0.39 is 6.04 Å². The number of rotatable bonds is 7. The Balaban J connectivity index is 1.77. The van der Waals surface area contributed by atoms with Crippen LogP contribution in [-0.2, 0) is 0 Å². The Bertz CT molecular complexity index is 1180. The minimum Gasteiger partial charge on any atom is -0.495 e. The van der Waals surface area contributed by atoms with Crippen LogP contribution in [-0.4, -0.2) is 24.4 Å². The number of anilines is 1. The standard InChI is InChI=1S/C23H19Cl2N3O3/c1-29-19-13-20(30-2)18(12-17(19)25)26-21(15-9-6-10-16(24)11-15)23-28-27-22(31-23)14-7-4-3-5-8-14/h3-13,21,26H,1-2H3/t21-/m1/s1. The van der Waals surface area contributed by atoms with Gasteiger partial charge in [-0.25, -0.2) is 0 Å². The molecule has 1 aromatic heterocycles. The van der Waals surface area contributed by atoms with E-state index in [1.807, 2.05) is 48.5 Å². The Labute approximate surface area is 189 Å². The third-order valence-corrected chi connectivity index (χ3v) is 5.19. The van der Waals surface area contributed by atoms with Crippen LogP contribution in [0.3, 0.4) is 0 Å². The molecule has 1 atom stereocenters. The molecule has 0 spiro atoms. The van der Waals surface area contributed by atoms with Crippen molar-refractivity contribution in [2.45, 2.75) is 6.04 Å². The van der Waals surface area contributed by atoms with E-state index in [-0.39, 0.29) is 0 Å². The average Bonchev–Trinajstić information content (AvgIpc) is 3.28. The Morgan fingerprint density at radius 2 is 1.65 bits per heavy atom. The molecule has 31 heavy (non-hydrogen) atoms. The van der Waals surface area contributed by atoms with Gasteiger partial charge in [-0.1, -0.05) is 53.5 Å². The lowest BCUT2D eigenvalue weighted by Gasteiger charge is -2.20. The fraction of sp³-hybridized carbons (Fsp3) is 0.130. The summed E-state index contributed by atoms with van der Waals surface area (Å²) in [4.78, 5) is 0. The SMILES string of the molecule is COc1cc(OC)c(N[C@H](c2cccc(Cl)c2)c2nnc(-c3ccccc3)o2)cc1Cl.